The van der Waals surface area contributed by atoms with Crippen molar-refractivity contribution in [3.8, 4) is 0 Å². The van der Waals surface area contributed by atoms with E-state index in [1.54, 1.807) is 0 Å². The first kappa shape index (κ1) is 8.97. The zero-order valence-corrected chi connectivity index (χ0v) is 7.83. The fourth-order valence-corrected chi connectivity index (χ4v) is 1.88. The highest BCUT2D eigenvalue weighted by Gasteiger charge is 2.27. The van der Waals surface area contributed by atoms with Crippen molar-refractivity contribution in [2.24, 2.45) is 11.7 Å². The van der Waals surface area contributed by atoms with Crippen molar-refractivity contribution in [1.29, 1.82) is 0 Å². The minimum Gasteiger partial charge on any atom is -0.341 e. The average molecular weight is 183 g/mol. The van der Waals surface area contributed by atoms with E-state index in [-0.39, 0.29) is 6.04 Å². The molecule has 2 heterocycles. The molecule has 0 aromatic heterocycles. The number of nitrogens with zero attached hydrogens (tertiary/aromatic N) is 1. The minimum atomic E-state index is 0.212. The van der Waals surface area contributed by atoms with Gasteiger partial charge in [-0.15, -0.1) is 0 Å². The number of hydrogen-bond donors (Lipinski definition) is 2. The SMILES string of the molecule is N[C@H]1CCN(C(=O)CC2CNC2)C1. The highest BCUT2D eigenvalue weighted by Crippen LogP contribution is 2.14. The van der Waals surface area contributed by atoms with E-state index in [1.807, 2.05) is 4.90 Å². The summed E-state index contributed by atoms with van der Waals surface area (Å²) in [7, 11) is 0. The van der Waals surface area contributed by atoms with Gasteiger partial charge >= 0.3 is 0 Å². The van der Waals surface area contributed by atoms with Gasteiger partial charge in [-0.05, 0) is 25.4 Å². The first-order chi connectivity index (χ1) is 6.25. The first-order valence-electron chi connectivity index (χ1n) is 5.00. The molecule has 4 nitrogen and oxygen atoms in total. The van der Waals surface area contributed by atoms with Gasteiger partial charge in [0.25, 0.3) is 0 Å². The van der Waals surface area contributed by atoms with Gasteiger partial charge in [0.15, 0.2) is 0 Å². The van der Waals surface area contributed by atoms with Crippen molar-refractivity contribution >= 4 is 5.91 Å². The minimum absolute atomic E-state index is 0.212. The number of carbonyl (C=O) groups is 1. The number of likely N-dealkylation sites (tertiary alicyclic amines) is 1. The summed E-state index contributed by atoms with van der Waals surface area (Å²) in [5.74, 6) is 0.865. The average Bonchev–Trinajstić information content (AvgIpc) is 2.44. The Morgan fingerprint density at radius 2 is 2.31 bits per heavy atom. The van der Waals surface area contributed by atoms with Crippen LogP contribution in [0.2, 0.25) is 0 Å². The highest BCUT2D eigenvalue weighted by molar-refractivity contribution is 5.77. The third-order valence-electron chi connectivity index (χ3n) is 2.91. The summed E-state index contributed by atoms with van der Waals surface area (Å²) in [5, 5.41) is 3.17. The molecule has 3 N–H and O–H groups in total. The van der Waals surface area contributed by atoms with Crippen LogP contribution in [0.4, 0.5) is 0 Å². The summed E-state index contributed by atoms with van der Waals surface area (Å²) in [6, 6.07) is 0.212. The molecule has 0 bridgehead atoms. The molecule has 0 spiro atoms. The van der Waals surface area contributed by atoms with Crippen LogP contribution < -0.4 is 11.1 Å². The summed E-state index contributed by atoms with van der Waals surface area (Å²) in [6.07, 6.45) is 1.67. The molecule has 2 fully saturated rings. The monoisotopic (exact) mass is 183 g/mol. The molecule has 2 saturated heterocycles. The summed E-state index contributed by atoms with van der Waals surface area (Å²) in [6.45, 7) is 3.64. The van der Waals surface area contributed by atoms with Crippen molar-refractivity contribution in [3.63, 3.8) is 0 Å². The summed E-state index contributed by atoms with van der Waals surface area (Å²) >= 11 is 0. The molecule has 13 heavy (non-hydrogen) atoms. The molecule has 0 aromatic carbocycles. The van der Waals surface area contributed by atoms with E-state index < -0.39 is 0 Å². The Labute approximate surface area is 78.5 Å². The lowest BCUT2D eigenvalue weighted by atomic mass is 9.99. The van der Waals surface area contributed by atoms with E-state index >= 15 is 0 Å². The van der Waals surface area contributed by atoms with Crippen molar-refractivity contribution in [2.75, 3.05) is 26.2 Å². The van der Waals surface area contributed by atoms with Gasteiger partial charge in [-0.1, -0.05) is 0 Å². The molecule has 4 heteroatoms. The molecule has 0 radical (unpaired) electrons. The molecular formula is C9H17N3O. The van der Waals surface area contributed by atoms with E-state index in [9.17, 15) is 4.79 Å². The number of hydrogen-bond acceptors (Lipinski definition) is 3. The van der Waals surface area contributed by atoms with Gasteiger partial charge < -0.3 is 16.0 Å². The lowest BCUT2D eigenvalue weighted by Crippen LogP contribution is -2.45. The lowest BCUT2D eigenvalue weighted by Gasteiger charge is -2.28. The van der Waals surface area contributed by atoms with Crippen LogP contribution in [0.25, 0.3) is 0 Å². The maximum Gasteiger partial charge on any atom is 0.222 e. The quantitative estimate of drug-likeness (QED) is 0.586. The summed E-state index contributed by atoms with van der Waals surface area (Å²) < 4.78 is 0. The van der Waals surface area contributed by atoms with Gasteiger partial charge in [-0.3, -0.25) is 4.79 Å². The molecule has 0 aromatic rings. The third kappa shape index (κ3) is 2.00. The van der Waals surface area contributed by atoms with Crippen molar-refractivity contribution in [2.45, 2.75) is 18.9 Å². The zero-order valence-electron chi connectivity index (χ0n) is 7.83. The molecule has 74 valence electrons. The van der Waals surface area contributed by atoms with Gasteiger partial charge in [0, 0.05) is 25.6 Å². The van der Waals surface area contributed by atoms with E-state index in [0.717, 1.165) is 32.6 Å². The molecule has 1 amide bonds. The fourth-order valence-electron chi connectivity index (χ4n) is 1.88. The fraction of sp³-hybridized carbons (Fsp3) is 0.889. The predicted octanol–water partition coefficient (Wildman–Crippen LogP) is -0.844. The van der Waals surface area contributed by atoms with Gasteiger partial charge in [0.05, 0.1) is 0 Å². The molecule has 2 rings (SSSR count). The van der Waals surface area contributed by atoms with E-state index in [1.165, 1.54) is 0 Å². The van der Waals surface area contributed by atoms with Crippen LogP contribution in [-0.4, -0.2) is 43.0 Å². The van der Waals surface area contributed by atoms with Crippen LogP contribution in [0.5, 0.6) is 0 Å². The molecular weight excluding hydrogens is 166 g/mol. The van der Waals surface area contributed by atoms with E-state index in [4.69, 9.17) is 5.73 Å². The topological polar surface area (TPSA) is 58.4 Å². The van der Waals surface area contributed by atoms with Crippen LogP contribution in [-0.2, 0) is 4.79 Å². The highest BCUT2D eigenvalue weighted by atomic mass is 16.2. The second kappa shape index (κ2) is 3.64. The van der Waals surface area contributed by atoms with Crippen molar-refractivity contribution in [1.82, 2.24) is 10.2 Å². The molecule has 2 aliphatic rings. The Bertz CT molecular complexity index is 203. The van der Waals surface area contributed by atoms with Crippen molar-refractivity contribution < 1.29 is 4.79 Å². The largest absolute Gasteiger partial charge is 0.341 e. The molecule has 0 unspecified atom stereocenters. The number of amides is 1. The number of nitrogens with two attached hydrogens (primary N) is 1. The molecule has 1 atom stereocenters. The molecule has 0 aliphatic carbocycles. The number of carbonyl (C=O) groups excluding carboxylic acids is 1. The van der Waals surface area contributed by atoms with Gasteiger partial charge in [0.2, 0.25) is 5.91 Å². The summed E-state index contributed by atoms with van der Waals surface area (Å²) in [5.41, 5.74) is 5.73. The second-order valence-corrected chi connectivity index (χ2v) is 4.12. The zero-order chi connectivity index (χ0) is 9.26. The maximum atomic E-state index is 11.6. The lowest BCUT2D eigenvalue weighted by molar-refractivity contribution is -0.131. The standard InChI is InChI=1S/C9H17N3O/c10-8-1-2-12(6-8)9(13)3-7-4-11-5-7/h7-8,11H,1-6,10H2/t8-/m0/s1. The number of rotatable bonds is 2. The third-order valence-corrected chi connectivity index (χ3v) is 2.91. The second-order valence-electron chi connectivity index (χ2n) is 4.12. The van der Waals surface area contributed by atoms with E-state index in [0.29, 0.717) is 18.2 Å². The first-order valence-corrected chi connectivity index (χ1v) is 5.00. The van der Waals surface area contributed by atoms with Gasteiger partial charge in [0.1, 0.15) is 0 Å². The smallest absolute Gasteiger partial charge is 0.222 e. The molecule has 0 saturated carbocycles. The van der Waals surface area contributed by atoms with Gasteiger partial charge in [-0.25, -0.2) is 0 Å². The number of nitrogens with one attached hydrogen (secondary N) is 1. The van der Waals surface area contributed by atoms with Crippen LogP contribution in [0.1, 0.15) is 12.8 Å². The van der Waals surface area contributed by atoms with Gasteiger partial charge in [-0.2, -0.15) is 0 Å². The Morgan fingerprint density at radius 1 is 1.54 bits per heavy atom. The summed E-state index contributed by atoms with van der Waals surface area (Å²) in [4.78, 5) is 13.5. The van der Waals surface area contributed by atoms with Crippen molar-refractivity contribution in [3.05, 3.63) is 0 Å². The normalized spacial score (nSPS) is 29.0. The Morgan fingerprint density at radius 3 is 2.77 bits per heavy atom. The van der Waals surface area contributed by atoms with E-state index in [2.05, 4.69) is 5.32 Å². The Balaban J connectivity index is 1.76. The van der Waals surface area contributed by atoms with Crippen LogP contribution in [0, 0.1) is 5.92 Å². The molecule has 2 aliphatic heterocycles. The Hall–Kier alpha value is -0.610. The predicted molar refractivity (Wildman–Crippen MR) is 50.1 cm³/mol. The van der Waals surface area contributed by atoms with Crippen LogP contribution >= 0.6 is 0 Å². The maximum absolute atomic E-state index is 11.6. The Kier molecular flexibility index (Phi) is 2.51. The van der Waals surface area contributed by atoms with Crippen LogP contribution in [0.15, 0.2) is 0 Å². The van der Waals surface area contributed by atoms with Crippen LogP contribution in [0.3, 0.4) is 0 Å².